The first-order valence-corrected chi connectivity index (χ1v) is 12.7. The number of hydrogen-bond donors (Lipinski definition) is 1. The van der Waals surface area contributed by atoms with E-state index in [0.29, 0.717) is 36.9 Å². The van der Waals surface area contributed by atoms with Crippen LogP contribution in [0.5, 0.6) is 0 Å². The Morgan fingerprint density at radius 3 is 2.62 bits per heavy atom. The Balaban J connectivity index is 1.77. The highest BCUT2D eigenvalue weighted by atomic mass is 32.2. The van der Waals surface area contributed by atoms with E-state index in [4.69, 9.17) is 0 Å². The van der Waals surface area contributed by atoms with Gasteiger partial charge in [0.15, 0.2) is 0 Å². The molecule has 168 valence electrons. The molecule has 1 heterocycles. The Morgan fingerprint density at radius 2 is 1.91 bits per heavy atom. The second-order valence-electron chi connectivity index (χ2n) is 8.37. The lowest BCUT2D eigenvalue weighted by atomic mass is 9.77. The fraction of sp³-hybridized carbons (Fsp3) is 0.320. The van der Waals surface area contributed by atoms with Crippen molar-refractivity contribution in [1.29, 1.82) is 0 Å². The molecule has 7 heteroatoms. The number of aromatic nitrogens is 1. The second-order valence-corrected chi connectivity index (χ2v) is 10.2. The predicted molar refractivity (Wildman–Crippen MR) is 125 cm³/mol. The predicted octanol–water partition coefficient (Wildman–Crippen LogP) is 3.86. The third-order valence-electron chi connectivity index (χ3n) is 6.15. The molecule has 5 nitrogen and oxygen atoms in total. The third kappa shape index (κ3) is 4.69. The van der Waals surface area contributed by atoms with Crippen molar-refractivity contribution in [3.8, 4) is 11.1 Å². The number of rotatable bonds is 6. The fourth-order valence-corrected chi connectivity index (χ4v) is 5.51. The maximum atomic E-state index is 14.3. The Hall–Kier alpha value is -2.77. The van der Waals surface area contributed by atoms with Crippen LogP contribution < -0.4 is 10.3 Å². The van der Waals surface area contributed by atoms with Crippen LogP contribution in [0, 0.1) is 5.82 Å². The molecular formula is C25H27FN2O3S. The second kappa shape index (κ2) is 9.00. The lowest BCUT2D eigenvalue weighted by Crippen LogP contribution is -2.45. The third-order valence-corrected chi connectivity index (χ3v) is 6.88. The Labute approximate surface area is 188 Å². The van der Waals surface area contributed by atoms with Crippen LogP contribution in [0.25, 0.3) is 11.1 Å². The first-order chi connectivity index (χ1) is 15.3. The van der Waals surface area contributed by atoms with Crippen molar-refractivity contribution in [2.75, 3.05) is 6.26 Å². The summed E-state index contributed by atoms with van der Waals surface area (Å²) in [5, 5.41) is 0. The topological polar surface area (TPSA) is 68.2 Å². The number of halogens is 1. The fourth-order valence-electron chi connectivity index (χ4n) is 4.68. The summed E-state index contributed by atoms with van der Waals surface area (Å²) in [6.07, 6.45) is 4.70. The number of hydrogen-bond acceptors (Lipinski definition) is 3. The quantitative estimate of drug-likeness (QED) is 0.615. The van der Waals surface area contributed by atoms with Gasteiger partial charge in [-0.1, -0.05) is 42.5 Å². The molecule has 4 rings (SSSR count). The minimum Gasteiger partial charge on any atom is -0.316 e. The van der Waals surface area contributed by atoms with E-state index in [1.165, 1.54) is 6.07 Å². The van der Waals surface area contributed by atoms with Gasteiger partial charge < -0.3 is 4.57 Å². The molecule has 2 aromatic carbocycles. The van der Waals surface area contributed by atoms with Gasteiger partial charge in [-0.05, 0) is 55.0 Å². The molecule has 0 amide bonds. The summed E-state index contributed by atoms with van der Waals surface area (Å²) in [7, 11) is -3.45. The maximum Gasteiger partial charge on any atom is 0.254 e. The number of benzene rings is 2. The Morgan fingerprint density at radius 1 is 1.12 bits per heavy atom. The van der Waals surface area contributed by atoms with Gasteiger partial charge in [0, 0.05) is 35.8 Å². The average molecular weight is 455 g/mol. The van der Waals surface area contributed by atoms with Crippen molar-refractivity contribution in [3.05, 3.63) is 93.7 Å². The van der Waals surface area contributed by atoms with Crippen LogP contribution in [0.4, 0.5) is 4.39 Å². The zero-order valence-corrected chi connectivity index (χ0v) is 19.0. The molecule has 1 aliphatic carbocycles. The minimum absolute atomic E-state index is 0.0692. The van der Waals surface area contributed by atoms with Crippen LogP contribution in [0.3, 0.4) is 0 Å². The number of aryl methyl sites for hydroxylation is 2. The Bertz CT molecular complexity index is 1300. The molecule has 0 spiro atoms. The highest BCUT2D eigenvalue weighted by Gasteiger charge is 2.34. The summed E-state index contributed by atoms with van der Waals surface area (Å²) >= 11 is 0. The van der Waals surface area contributed by atoms with E-state index in [-0.39, 0.29) is 23.3 Å². The summed E-state index contributed by atoms with van der Waals surface area (Å²) in [5.74, 6) is -0.606. The molecule has 1 aliphatic rings. The van der Waals surface area contributed by atoms with Gasteiger partial charge in [-0.3, -0.25) is 4.79 Å². The van der Waals surface area contributed by atoms with E-state index in [0.717, 1.165) is 22.9 Å². The van der Waals surface area contributed by atoms with Crippen LogP contribution in [0.1, 0.15) is 36.0 Å². The van der Waals surface area contributed by atoms with Gasteiger partial charge in [-0.25, -0.2) is 17.5 Å². The smallest absolute Gasteiger partial charge is 0.254 e. The van der Waals surface area contributed by atoms with Crippen LogP contribution in [-0.2, 0) is 29.4 Å². The van der Waals surface area contributed by atoms with Crippen molar-refractivity contribution in [3.63, 3.8) is 0 Å². The van der Waals surface area contributed by atoms with Crippen molar-refractivity contribution in [2.45, 2.75) is 44.7 Å². The summed E-state index contributed by atoms with van der Waals surface area (Å²) < 4.78 is 42.9. The lowest BCUT2D eigenvalue weighted by molar-refractivity contribution is 0.424. The molecule has 0 saturated carbocycles. The van der Waals surface area contributed by atoms with Crippen LogP contribution in [-0.4, -0.2) is 25.3 Å². The van der Waals surface area contributed by atoms with Gasteiger partial charge in [0.1, 0.15) is 5.82 Å². The van der Waals surface area contributed by atoms with Crippen molar-refractivity contribution in [1.82, 2.24) is 9.29 Å². The zero-order chi connectivity index (χ0) is 22.9. The number of sulfonamides is 1. The molecule has 1 aromatic heterocycles. The molecule has 1 N–H and O–H groups in total. The van der Waals surface area contributed by atoms with Crippen molar-refractivity contribution >= 4 is 10.0 Å². The van der Waals surface area contributed by atoms with Gasteiger partial charge in [0.05, 0.1) is 6.26 Å². The molecule has 0 fully saturated rings. The van der Waals surface area contributed by atoms with E-state index in [2.05, 4.69) is 4.72 Å². The molecule has 0 bridgehead atoms. The standard InChI is InChI=1S/C25H27FN2O3S/c1-3-28-14-13-18-11-12-23(27-32(2,30)31)21(24(18)25(28)29)16-17-7-6-8-19(15-17)20-9-4-5-10-22(20)26/h4-10,13-15,21,23,27H,3,11-12,16H2,1-2H3/t21-,23-/m0/s1. The van der Waals surface area contributed by atoms with E-state index in [1.54, 1.807) is 29.0 Å². The van der Waals surface area contributed by atoms with Gasteiger partial charge in [0.25, 0.3) is 5.56 Å². The van der Waals surface area contributed by atoms with E-state index in [1.807, 2.05) is 37.3 Å². The highest BCUT2D eigenvalue weighted by Crippen LogP contribution is 2.34. The van der Waals surface area contributed by atoms with Crippen LogP contribution in [0.15, 0.2) is 65.6 Å². The molecule has 2 atom stereocenters. The summed E-state index contributed by atoms with van der Waals surface area (Å²) in [5.41, 5.74) is 3.77. The first-order valence-electron chi connectivity index (χ1n) is 10.8. The van der Waals surface area contributed by atoms with Crippen molar-refractivity contribution < 1.29 is 12.8 Å². The van der Waals surface area contributed by atoms with Crippen LogP contribution in [0.2, 0.25) is 0 Å². The highest BCUT2D eigenvalue weighted by molar-refractivity contribution is 7.88. The molecular weight excluding hydrogens is 427 g/mol. The molecule has 3 aromatic rings. The summed E-state index contributed by atoms with van der Waals surface area (Å²) in [4.78, 5) is 13.2. The monoisotopic (exact) mass is 454 g/mol. The normalized spacial score (nSPS) is 18.3. The minimum atomic E-state index is -3.45. The van der Waals surface area contributed by atoms with Gasteiger partial charge in [-0.2, -0.15) is 0 Å². The van der Waals surface area contributed by atoms with Gasteiger partial charge >= 0.3 is 0 Å². The number of nitrogens with one attached hydrogen (secondary N) is 1. The number of fused-ring (bicyclic) bond motifs is 1. The number of pyridine rings is 1. The van der Waals surface area contributed by atoms with E-state index in [9.17, 15) is 17.6 Å². The molecule has 0 saturated heterocycles. The van der Waals surface area contributed by atoms with Crippen LogP contribution >= 0.6 is 0 Å². The zero-order valence-electron chi connectivity index (χ0n) is 18.2. The first kappa shape index (κ1) is 22.4. The number of nitrogens with zero attached hydrogens (tertiary/aromatic N) is 1. The summed E-state index contributed by atoms with van der Waals surface area (Å²) in [6, 6.07) is 15.8. The summed E-state index contributed by atoms with van der Waals surface area (Å²) in [6.45, 7) is 2.46. The van der Waals surface area contributed by atoms with Gasteiger partial charge in [0.2, 0.25) is 10.0 Å². The van der Waals surface area contributed by atoms with E-state index >= 15 is 0 Å². The SMILES string of the molecule is CCn1ccc2c(c1=O)[C@@H](Cc1cccc(-c3ccccc3F)c1)[C@@H](NS(C)(=O)=O)CC2. The molecule has 32 heavy (non-hydrogen) atoms. The van der Waals surface area contributed by atoms with Crippen molar-refractivity contribution in [2.24, 2.45) is 0 Å². The average Bonchev–Trinajstić information content (AvgIpc) is 2.75. The molecule has 0 unspecified atom stereocenters. The lowest BCUT2D eigenvalue weighted by Gasteiger charge is -2.33. The molecule has 0 radical (unpaired) electrons. The maximum absolute atomic E-state index is 14.3. The van der Waals surface area contributed by atoms with Gasteiger partial charge in [-0.15, -0.1) is 0 Å². The Kier molecular flexibility index (Phi) is 6.31. The molecule has 0 aliphatic heterocycles. The van der Waals surface area contributed by atoms with E-state index < -0.39 is 10.0 Å². The largest absolute Gasteiger partial charge is 0.316 e.